The second-order valence-corrected chi connectivity index (χ2v) is 8.00. The number of carbonyl (C=O) groups excluding carboxylic acids is 2. The van der Waals surface area contributed by atoms with Gasteiger partial charge >= 0.3 is 12.4 Å². The molecule has 0 fully saturated rings. The largest absolute Gasteiger partial charge is 0.482 e. The maximum Gasteiger partial charge on any atom is 0.416 e. The van der Waals surface area contributed by atoms with E-state index < -0.39 is 40.9 Å². The van der Waals surface area contributed by atoms with Gasteiger partial charge in [-0.3, -0.25) is 9.59 Å². The van der Waals surface area contributed by atoms with Crippen molar-refractivity contribution in [1.82, 2.24) is 5.16 Å². The number of benzene rings is 2. The molecule has 36 heavy (non-hydrogen) atoms. The maximum absolute atomic E-state index is 13.1. The van der Waals surface area contributed by atoms with Crippen LogP contribution in [0.4, 0.5) is 37.7 Å². The summed E-state index contributed by atoms with van der Waals surface area (Å²) in [5.41, 5.74) is -2.60. The Morgan fingerprint density at radius 2 is 1.67 bits per heavy atom. The van der Waals surface area contributed by atoms with Crippen LogP contribution in [0.2, 0.25) is 0 Å². The molecule has 1 aromatic heterocycles. The highest BCUT2D eigenvalue weighted by Gasteiger charge is 2.37. The van der Waals surface area contributed by atoms with Gasteiger partial charge in [0.1, 0.15) is 11.5 Å². The fourth-order valence-corrected chi connectivity index (χ4v) is 3.63. The molecule has 0 saturated heterocycles. The highest BCUT2D eigenvalue weighted by Crippen LogP contribution is 2.38. The van der Waals surface area contributed by atoms with Crippen LogP contribution in [0.1, 0.15) is 38.5 Å². The number of carbonyl (C=O) groups is 2. The third-order valence-electron chi connectivity index (χ3n) is 5.51. The monoisotopic (exact) mass is 513 g/mol. The van der Waals surface area contributed by atoms with E-state index in [1.54, 1.807) is 13.8 Å². The van der Waals surface area contributed by atoms with E-state index in [1.165, 1.54) is 23.1 Å². The number of halogens is 6. The third-order valence-corrected chi connectivity index (χ3v) is 5.51. The summed E-state index contributed by atoms with van der Waals surface area (Å²) in [6.07, 6.45) is -10.2. The average molecular weight is 513 g/mol. The number of rotatable bonds is 4. The molecule has 0 saturated carbocycles. The van der Waals surface area contributed by atoms with Crippen LogP contribution in [0.5, 0.6) is 5.75 Å². The van der Waals surface area contributed by atoms with E-state index in [0.29, 0.717) is 29.2 Å². The van der Waals surface area contributed by atoms with Crippen molar-refractivity contribution in [3.8, 4) is 5.75 Å². The number of anilines is 2. The van der Waals surface area contributed by atoms with E-state index in [1.807, 2.05) is 0 Å². The molecule has 4 rings (SSSR count). The van der Waals surface area contributed by atoms with Crippen LogP contribution in [0.25, 0.3) is 0 Å². The van der Waals surface area contributed by atoms with Gasteiger partial charge in [-0.1, -0.05) is 5.16 Å². The average Bonchev–Trinajstić information content (AvgIpc) is 3.11. The molecule has 190 valence electrons. The lowest BCUT2D eigenvalue weighted by atomic mass is 10.0. The van der Waals surface area contributed by atoms with Gasteiger partial charge in [-0.2, -0.15) is 26.3 Å². The minimum absolute atomic E-state index is 0.0202. The quantitative estimate of drug-likeness (QED) is 0.466. The molecule has 2 amide bonds. The molecule has 2 aromatic carbocycles. The van der Waals surface area contributed by atoms with E-state index in [-0.39, 0.29) is 36.3 Å². The van der Waals surface area contributed by atoms with Gasteiger partial charge in [-0.05, 0) is 50.2 Å². The van der Waals surface area contributed by atoms with Crippen molar-refractivity contribution in [3.63, 3.8) is 0 Å². The zero-order valence-corrected chi connectivity index (χ0v) is 18.7. The molecule has 0 spiro atoms. The molecule has 1 aliphatic heterocycles. The van der Waals surface area contributed by atoms with Crippen LogP contribution in [0.3, 0.4) is 0 Å². The van der Waals surface area contributed by atoms with Gasteiger partial charge in [0.2, 0.25) is 0 Å². The van der Waals surface area contributed by atoms with Gasteiger partial charge in [-0.15, -0.1) is 0 Å². The molecule has 1 aliphatic rings. The second kappa shape index (κ2) is 8.88. The number of fused-ring (bicyclic) bond motifs is 1. The number of aromatic nitrogens is 1. The van der Waals surface area contributed by atoms with Crippen molar-refractivity contribution >= 4 is 23.2 Å². The molecule has 1 N–H and O–H groups in total. The van der Waals surface area contributed by atoms with Crippen molar-refractivity contribution < 1.29 is 45.2 Å². The van der Waals surface area contributed by atoms with Crippen LogP contribution in [-0.2, 0) is 23.7 Å². The van der Waals surface area contributed by atoms with E-state index in [2.05, 4.69) is 10.5 Å². The number of nitrogens with zero attached hydrogens (tertiary/aromatic N) is 2. The smallest absolute Gasteiger partial charge is 0.416 e. The lowest BCUT2D eigenvalue weighted by molar-refractivity contribution is -0.143. The lowest BCUT2D eigenvalue weighted by Gasteiger charge is -2.29. The predicted octanol–water partition coefficient (Wildman–Crippen LogP) is 5.51. The molecular weight excluding hydrogens is 496 g/mol. The Bertz CT molecular complexity index is 1290. The summed E-state index contributed by atoms with van der Waals surface area (Å²) >= 11 is 0. The van der Waals surface area contributed by atoms with Crippen LogP contribution in [-0.4, -0.2) is 23.6 Å². The van der Waals surface area contributed by atoms with Crippen molar-refractivity contribution in [2.45, 2.75) is 32.7 Å². The van der Waals surface area contributed by atoms with Gasteiger partial charge < -0.3 is 19.5 Å². The van der Waals surface area contributed by atoms with Gasteiger partial charge in [0.05, 0.1) is 29.1 Å². The SMILES string of the molecule is Cc1noc(C)c1CN1C(=O)COc2ccc(NC(=O)c3cc(C(F)(F)F)cc(C(F)(F)F)c3)cc21. The first-order chi connectivity index (χ1) is 16.7. The molecule has 2 heterocycles. The van der Waals surface area contributed by atoms with Crippen molar-refractivity contribution in [1.29, 1.82) is 0 Å². The van der Waals surface area contributed by atoms with Crippen molar-refractivity contribution in [2.24, 2.45) is 0 Å². The zero-order valence-electron chi connectivity index (χ0n) is 18.7. The Kier molecular flexibility index (Phi) is 6.18. The molecule has 0 aliphatic carbocycles. The zero-order chi connectivity index (χ0) is 26.4. The van der Waals surface area contributed by atoms with Crippen LogP contribution >= 0.6 is 0 Å². The number of hydrogen-bond donors (Lipinski definition) is 1. The number of ether oxygens (including phenoxy) is 1. The minimum Gasteiger partial charge on any atom is -0.482 e. The number of hydrogen-bond acceptors (Lipinski definition) is 5. The second-order valence-electron chi connectivity index (χ2n) is 8.00. The van der Waals surface area contributed by atoms with Gasteiger partial charge in [0, 0.05) is 16.8 Å². The van der Waals surface area contributed by atoms with E-state index >= 15 is 0 Å². The van der Waals surface area contributed by atoms with Crippen molar-refractivity contribution in [3.05, 3.63) is 70.1 Å². The Morgan fingerprint density at radius 1 is 1.03 bits per heavy atom. The van der Waals surface area contributed by atoms with Crippen LogP contribution < -0.4 is 15.0 Å². The van der Waals surface area contributed by atoms with E-state index in [9.17, 15) is 35.9 Å². The summed E-state index contributed by atoms with van der Waals surface area (Å²) in [5, 5.41) is 6.13. The summed E-state index contributed by atoms with van der Waals surface area (Å²) in [7, 11) is 0. The van der Waals surface area contributed by atoms with E-state index in [4.69, 9.17) is 9.26 Å². The highest BCUT2D eigenvalue weighted by atomic mass is 19.4. The molecule has 13 heteroatoms. The van der Waals surface area contributed by atoms with Gasteiger partial charge in [0.25, 0.3) is 11.8 Å². The maximum atomic E-state index is 13.1. The highest BCUT2D eigenvalue weighted by molar-refractivity contribution is 6.05. The molecule has 0 radical (unpaired) electrons. The summed E-state index contributed by atoms with van der Waals surface area (Å²) < 4.78 is 89.4. The Hall–Kier alpha value is -4.03. The normalized spacial score (nSPS) is 13.9. The molecule has 0 atom stereocenters. The first-order valence-electron chi connectivity index (χ1n) is 10.3. The number of aryl methyl sites for hydroxylation is 2. The summed E-state index contributed by atoms with van der Waals surface area (Å²) in [5.74, 6) is -0.842. The first-order valence-corrected chi connectivity index (χ1v) is 10.3. The van der Waals surface area contributed by atoms with E-state index in [0.717, 1.165) is 0 Å². The summed E-state index contributed by atoms with van der Waals surface area (Å²) in [4.78, 5) is 26.6. The third kappa shape index (κ3) is 4.99. The topological polar surface area (TPSA) is 84.7 Å². The predicted molar refractivity (Wildman–Crippen MR) is 114 cm³/mol. The standard InChI is InChI=1S/C23H17F6N3O4/c1-11-17(12(2)36-31-11)9-32-18-8-16(3-4-19(18)35-10-20(32)33)30-21(34)13-5-14(22(24,25)26)7-15(6-13)23(27,28)29/h3-8H,9-10H2,1-2H3,(H,30,34). The Balaban J connectivity index is 1.66. The van der Waals surface area contributed by atoms with Crippen LogP contribution in [0, 0.1) is 13.8 Å². The summed E-state index contributed by atoms with van der Waals surface area (Å²) in [6, 6.07) is 4.70. The fraction of sp³-hybridized carbons (Fsp3) is 0.261. The lowest BCUT2D eigenvalue weighted by Crippen LogP contribution is -2.38. The Morgan fingerprint density at radius 3 is 2.22 bits per heavy atom. The fourth-order valence-electron chi connectivity index (χ4n) is 3.63. The van der Waals surface area contributed by atoms with Gasteiger partial charge in [-0.25, -0.2) is 0 Å². The van der Waals surface area contributed by atoms with Gasteiger partial charge in [0.15, 0.2) is 6.61 Å². The molecule has 3 aromatic rings. The Labute approximate surface area is 199 Å². The van der Waals surface area contributed by atoms with Crippen LogP contribution in [0.15, 0.2) is 40.9 Å². The molecule has 7 nitrogen and oxygen atoms in total. The molecule has 0 unspecified atom stereocenters. The van der Waals surface area contributed by atoms with Crippen molar-refractivity contribution in [2.75, 3.05) is 16.8 Å². The minimum atomic E-state index is -5.10. The number of alkyl halides is 6. The first kappa shape index (κ1) is 25.1. The molecule has 0 bridgehead atoms. The number of nitrogens with one attached hydrogen (secondary N) is 1. The molecular formula is C23H17F6N3O4. The number of amides is 2. The summed E-state index contributed by atoms with van der Waals surface area (Å²) in [6.45, 7) is 3.17.